The molecule has 0 aliphatic carbocycles. The van der Waals surface area contributed by atoms with Crippen molar-refractivity contribution in [1.82, 2.24) is 5.32 Å². The number of amides is 1. The smallest absolute Gasteiger partial charge is 0.224 e. The normalized spacial score (nSPS) is 12.2. The van der Waals surface area contributed by atoms with Gasteiger partial charge in [-0.05, 0) is 25.5 Å². The molecular weight excluding hydrogens is 229 g/mol. The largest absolute Gasteiger partial charge is 0.353 e. The molecule has 0 saturated heterocycles. The first kappa shape index (κ1) is 13.0. The summed E-state index contributed by atoms with van der Waals surface area (Å²) < 4.78 is 13.4. The average Bonchev–Trinajstić information content (AvgIpc) is 2.23. The second kappa shape index (κ2) is 5.85. The lowest BCUT2D eigenvalue weighted by atomic mass is 10.1. The molecule has 0 aliphatic rings. The monoisotopic (exact) mass is 243 g/mol. The molecule has 1 aromatic rings. The molecule has 0 radical (unpaired) electrons. The van der Waals surface area contributed by atoms with E-state index in [4.69, 9.17) is 11.6 Å². The highest BCUT2D eigenvalue weighted by molar-refractivity contribution is 6.31. The number of halogens is 2. The molecule has 88 valence electrons. The van der Waals surface area contributed by atoms with Gasteiger partial charge in [0.1, 0.15) is 5.82 Å². The minimum Gasteiger partial charge on any atom is -0.353 e. The first-order chi connectivity index (χ1) is 7.54. The van der Waals surface area contributed by atoms with Crippen LogP contribution in [-0.4, -0.2) is 11.9 Å². The number of hydrogen-bond acceptors (Lipinski definition) is 1. The van der Waals surface area contributed by atoms with Gasteiger partial charge in [0.25, 0.3) is 0 Å². The number of nitrogens with one attached hydrogen (secondary N) is 1. The predicted octanol–water partition coefficient (Wildman–Crippen LogP) is 2.94. The summed E-state index contributed by atoms with van der Waals surface area (Å²) in [5.74, 6) is -0.645. The minimum atomic E-state index is -0.438. The first-order valence-electron chi connectivity index (χ1n) is 5.26. The molecule has 16 heavy (non-hydrogen) atoms. The van der Waals surface area contributed by atoms with Crippen molar-refractivity contribution in [2.24, 2.45) is 0 Å². The van der Waals surface area contributed by atoms with E-state index in [0.29, 0.717) is 5.02 Å². The SMILES string of the molecule is CC[C@H](C)NC(=O)Cc1c(F)cccc1Cl. The van der Waals surface area contributed by atoms with Crippen LogP contribution in [0.25, 0.3) is 0 Å². The third-order valence-electron chi connectivity index (χ3n) is 2.42. The molecular formula is C12H15ClFNO. The fourth-order valence-electron chi connectivity index (χ4n) is 1.29. The van der Waals surface area contributed by atoms with E-state index in [2.05, 4.69) is 5.32 Å². The van der Waals surface area contributed by atoms with Crippen LogP contribution >= 0.6 is 11.6 Å². The second-order valence-electron chi connectivity index (χ2n) is 3.75. The van der Waals surface area contributed by atoms with E-state index in [1.807, 2.05) is 13.8 Å². The van der Waals surface area contributed by atoms with E-state index in [1.54, 1.807) is 6.07 Å². The summed E-state index contributed by atoms with van der Waals surface area (Å²) in [6.07, 6.45) is 0.826. The van der Waals surface area contributed by atoms with Crippen LogP contribution in [0, 0.1) is 5.82 Å². The Balaban J connectivity index is 2.70. The van der Waals surface area contributed by atoms with Gasteiger partial charge in [-0.15, -0.1) is 0 Å². The van der Waals surface area contributed by atoms with Crippen LogP contribution in [0.1, 0.15) is 25.8 Å². The summed E-state index contributed by atoms with van der Waals surface area (Å²) in [7, 11) is 0. The molecule has 1 N–H and O–H groups in total. The number of benzene rings is 1. The molecule has 0 saturated carbocycles. The van der Waals surface area contributed by atoms with E-state index < -0.39 is 5.82 Å². The third-order valence-corrected chi connectivity index (χ3v) is 2.77. The standard InChI is InChI=1S/C12H15ClFNO/c1-3-8(2)15-12(16)7-9-10(13)5-4-6-11(9)14/h4-6,8H,3,7H2,1-2H3,(H,15,16)/t8-/m0/s1. The number of carbonyl (C=O) groups is 1. The molecule has 4 heteroatoms. The van der Waals surface area contributed by atoms with Crippen molar-refractivity contribution >= 4 is 17.5 Å². The van der Waals surface area contributed by atoms with E-state index in [-0.39, 0.29) is 23.9 Å². The van der Waals surface area contributed by atoms with Crippen LogP contribution in [0.5, 0.6) is 0 Å². The molecule has 0 spiro atoms. The van der Waals surface area contributed by atoms with Crippen molar-refractivity contribution in [3.8, 4) is 0 Å². The van der Waals surface area contributed by atoms with Gasteiger partial charge < -0.3 is 5.32 Å². The van der Waals surface area contributed by atoms with Crippen molar-refractivity contribution in [1.29, 1.82) is 0 Å². The van der Waals surface area contributed by atoms with Gasteiger partial charge in [-0.1, -0.05) is 24.6 Å². The fraction of sp³-hybridized carbons (Fsp3) is 0.417. The molecule has 1 aromatic carbocycles. The van der Waals surface area contributed by atoms with Crippen LogP contribution in [0.3, 0.4) is 0 Å². The zero-order chi connectivity index (χ0) is 12.1. The highest BCUT2D eigenvalue weighted by Gasteiger charge is 2.12. The van der Waals surface area contributed by atoms with Crippen LogP contribution in [0.15, 0.2) is 18.2 Å². The van der Waals surface area contributed by atoms with Gasteiger partial charge in [-0.25, -0.2) is 4.39 Å². The summed E-state index contributed by atoms with van der Waals surface area (Å²) in [5, 5.41) is 3.06. The summed E-state index contributed by atoms with van der Waals surface area (Å²) in [4.78, 5) is 11.5. The maximum Gasteiger partial charge on any atom is 0.224 e. The zero-order valence-corrected chi connectivity index (χ0v) is 10.1. The first-order valence-corrected chi connectivity index (χ1v) is 5.64. The molecule has 2 nitrogen and oxygen atoms in total. The predicted molar refractivity (Wildman–Crippen MR) is 63.0 cm³/mol. The summed E-state index contributed by atoms with van der Waals surface area (Å²) >= 11 is 5.82. The number of carbonyl (C=O) groups excluding carboxylic acids is 1. The molecule has 1 amide bonds. The van der Waals surface area contributed by atoms with Gasteiger partial charge in [0.05, 0.1) is 6.42 Å². The molecule has 0 aromatic heterocycles. The Bertz CT molecular complexity index is 361. The van der Waals surface area contributed by atoms with Crippen LogP contribution in [0.4, 0.5) is 4.39 Å². The Morgan fingerprint density at radius 1 is 1.56 bits per heavy atom. The lowest BCUT2D eigenvalue weighted by molar-refractivity contribution is -0.121. The fourth-order valence-corrected chi connectivity index (χ4v) is 1.52. The van der Waals surface area contributed by atoms with Crippen LogP contribution in [0.2, 0.25) is 5.02 Å². The van der Waals surface area contributed by atoms with Gasteiger partial charge in [0.15, 0.2) is 0 Å². The van der Waals surface area contributed by atoms with Crippen molar-refractivity contribution in [3.63, 3.8) is 0 Å². The van der Waals surface area contributed by atoms with Gasteiger partial charge in [0.2, 0.25) is 5.91 Å². The Morgan fingerprint density at radius 3 is 2.81 bits per heavy atom. The maximum atomic E-state index is 13.4. The lowest BCUT2D eigenvalue weighted by Crippen LogP contribution is -2.33. The van der Waals surface area contributed by atoms with Gasteiger partial charge >= 0.3 is 0 Å². The highest BCUT2D eigenvalue weighted by Crippen LogP contribution is 2.19. The van der Waals surface area contributed by atoms with Crippen molar-refractivity contribution in [3.05, 3.63) is 34.6 Å². The molecule has 0 bridgehead atoms. The average molecular weight is 244 g/mol. The quantitative estimate of drug-likeness (QED) is 0.866. The lowest BCUT2D eigenvalue weighted by Gasteiger charge is -2.12. The Hall–Kier alpha value is -1.09. The molecule has 1 rings (SSSR count). The second-order valence-corrected chi connectivity index (χ2v) is 4.16. The zero-order valence-electron chi connectivity index (χ0n) is 9.39. The van der Waals surface area contributed by atoms with Gasteiger partial charge in [-0.2, -0.15) is 0 Å². The maximum absolute atomic E-state index is 13.4. The third kappa shape index (κ3) is 3.49. The Labute approximate surface area is 99.8 Å². The molecule has 0 heterocycles. The summed E-state index contributed by atoms with van der Waals surface area (Å²) in [6.45, 7) is 3.88. The van der Waals surface area contributed by atoms with Crippen molar-refractivity contribution in [2.75, 3.05) is 0 Å². The summed E-state index contributed by atoms with van der Waals surface area (Å²) in [6, 6.07) is 4.50. The molecule has 0 fully saturated rings. The van der Waals surface area contributed by atoms with Crippen LogP contribution in [-0.2, 0) is 11.2 Å². The van der Waals surface area contributed by atoms with Crippen LogP contribution < -0.4 is 5.32 Å². The van der Waals surface area contributed by atoms with Crippen molar-refractivity contribution < 1.29 is 9.18 Å². The highest BCUT2D eigenvalue weighted by atomic mass is 35.5. The number of rotatable bonds is 4. The minimum absolute atomic E-state index is 0.0180. The van der Waals surface area contributed by atoms with E-state index in [1.165, 1.54) is 12.1 Å². The topological polar surface area (TPSA) is 29.1 Å². The molecule has 0 unspecified atom stereocenters. The summed E-state index contributed by atoms with van der Waals surface area (Å²) in [5.41, 5.74) is 0.255. The number of hydrogen-bond donors (Lipinski definition) is 1. The van der Waals surface area contributed by atoms with Gasteiger partial charge in [0, 0.05) is 16.6 Å². The van der Waals surface area contributed by atoms with E-state index >= 15 is 0 Å². The van der Waals surface area contributed by atoms with E-state index in [0.717, 1.165) is 6.42 Å². The Kier molecular flexibility index (Phi) is 4.74. The Morgan fingerprint density at radius 2 is 2.25 bits per heavy atom. The molecule has 1 atom stereocenters. The molecule has 0 aliphatic heterocycles. The van der Waals surface area contributed by atoms with Crippen molar-refractivity contribution in [2.45, 2.75) is 32.7 Å². The van der Waals surface area contributed by atoms with E-state index in [9.17, 15) is 9.18 Å². The van der Waals surface area contributed by atoms with Gasteiger partial charge in [-0.3, -0.25) is 4.79 Å².